The molecule has 5 nitrogen and oxygen atoms in total. The van der Waals surface area contributed by atoms with E-state index in [4.69, 9.17) is 5.11 Å². The summed E-state index contributed by atoms with van der Waals surface area (Å²) in [6, 6.07) is 5.33. The first-order valence-electron chi connectivity index (χ1n) is 4.41. The Morgan fingerprint density at radius 1 is 1.57 bits per heavy atom. The Kier molecular flexibility index (Phi) is 2.09. The maximum absolute atomic E-state index is 11.6. The monoisotopic (exact) mass is 193 g/mol. The van der Waals surface area contributed by atoms with Crippen LogP contribution in [0.25, 0.3) is 5.65 Å². The Morgan fingerprint density at radius 2 is 2.36 bits per heavy atom. The summed E-state index contributed by atoms with van der Waals surface area (Å²) in [5, 5.41) is 13.2. The van der Waals surface area contributed by atoms with Crippen molar-refractivity contribution in [3.8, 4) is 0 Å². The Morgan fingerprint density at radius 3 is 3.00 bits per heavy atom. The summed E-state index contributed by atoms with van der Waals surface area (Å²) < 4.78 is 2.71. The fraction of sp³-hybridized carbons (Fsp3) is 0.333. The molecule has 0 saturated heterocycles. The van der Waals surface area contributed by atoms with Crippen LogP contribution in [0.2, 0.25) is 0 Å². The number of rotatable bonds is 2. The lowest BCUT2D eigenvalue weighted by Crippen LogP contribution is -2.25. The fourth-order valence-corrected chi connectivity index (χ4v) is 1.34. The van der Waals surface area contributed by atoms with Gasteiger partial charge in [-0.1, -0.05) is 6.07 Å². The van der Waals surface area contributed by atoms with Gasteiger partial charge in [-0.25, -0.2) is 9.48 Å². The van der Waals surface area contributed by atoms with Gasteiger partial charge in [0.1, 0.15) is 0 Å². The van der Waals surface area contributed by atoms with E-state index in [9.17, 15) is 4.79 Å². The van der Waals surface area contributed by atoms with Gasteiger partial charge in [0.05, 0.1) is 12.6 Å². The molecule has 2 aromatic heterocycles. The number of aliphatic hydroxyl groups is 1. The van der Waals surface area contributed by atoms with Gasteiger partial charge in [-0.15, -0.1) is 5.10 Å². The normalized spacial score (nSPS) is 13.3. The molecule has 0 saturated carbocycles. The van der Waals surface area contributed by atoms with Gasteiger partial charge in [0.25, 0.3) is 0 Å². The van der Waals surface area contributed by atoms with Crippen molar-refractivity contribution in [2.45, 2.75) is 19.6 Å². The van der Waals surface area contributed by atoms with Gasteiger partial charge < -0.3 is 5.11 Å². The molecule has 1 N–H and O–H groups in total. The maximum Gasteiger partial charge on any atom is 0.350 e. The van der Waals surface area contributed by atoms with E-state index in [0.717, 1.165) is 0 Å². The molecule has 74 valence electrons. The molecule has 0 aliphatic rings. The Bertz CT molecular complexity index is 498. The molecule has 0 amide bonds. The summed E-state index contributed by atoms with van der Waals surface area (Å²) >= 11 is 0. The smallest absolute Gasteiger partial charge is 0.350 e. The molecule has 2 aromatic rings. The highest BCUT2D eigenvalue weighted by Crippen LogP contribution is 1.95. The molecule has 14 heavy (non-hydrogen) atoms. The molecular formula is C9H11N3O2. The third-order valence-corrected chi connectivity index (χ3v) is 1.93. The van der Waals surface area contributed by atoms with Gasteiger partial charge in [0, 0.05) is 6.20 Å². The lowest BCUT2D eigenvalue weighted by atomic mass is 10.4. The number of hydrogen-bond donors (Lipinski definition) is 1. The zero-order valence-electron chi connectivity index (χ0n) is 7.79. The van der Waals surface area contributed by atoms with E-state index < -0.39 is 6.10 Å². The van der Waals surface area contributed by atoms with Crippen LogP contribution >= 0.6 is 0 Å². The lowest BCUT2D eigenvalue weighted by molar-refractivity contribution is 0.167. The first-order chi connectivity index (χ1) is 6.68. The molecule has 5 heteroatoms. The number of aromatic nitrogens is 3. The number of hydrogen-bond acceptors (Lipinski definition) is 3. The van der Waals surface area contributed by atoms with Crippen molar-refractivity contribution in [2.24, 2.45) is 0 Å². The summed E-state index contributed by atoms with van der Waals surface area (Å²) in [6.07, 6.45) is 1.08. The van der Waals surface area contributed by atoms with Gasteiger partial charge >= 0.3 is 5.69 Å². The van der Waals surface area contributed by atoms with Crippen molar-refractivity contribution in [1.82, 2.24) is 14.2 Å². The van der Waals surface area contributed by atoms with Crippen LogP contribution in [0.5, 0.6) is 0 Å². The molecule has 1 unspecified atom stereocenters. The highest BCUT2D eigenvalue weighted by atomic mass is 16.3. The Labute approximate surface area is 80.2 Å². The van der Waals surface area contributed by atoms with E-state index in [1.54, 1.807) is 25.3 Å². The largest absolute Gasteiger partial charge is 0.391 e. The zero-order chi connectivity index (χ0) is 10.1. The van der Waals surface area contributed by atoms with Crippen molar-refractivity contribution in [3.05, 3.63) is 34.9 Å². The summed E-state index contributed by atoms with van der Waals surface area (Å²) in [5.74, 6) is 0. The molecule has 0 aromatic carbocycles. The molecule has 2 heterocycles. The molecule has 0 bridgehead atoms. The van der Waals surface area contributed by atoms with E-state index in [0.29, 0.717) is 5.65 Å². The lowest BCUT2D eigenvalue weighted by Gasteiger charge is -2.00. The van der Waals surface area contributed by atoms with E-state index in [2.05, 4.69) is 5.10 Å². The molecule has 2 rings (SSSR count). The van der Waals surface area contributed by atoms with Crippen LogP contribution in [0, 0.1) is 0 Å². The van der Waals surface area contributed by atoms with Crippen molar-refractivity contribution in [1.29, 1.82) is 0 Å². The number of nitrogens with zero attached hydrogens (tertiary/aromatic N) is 3. The third kappa shape index (κ3) is 1.42. The topological polar surface area (TPSA) is 59.5 Å². The van der Waals surface area contributed by atoms with Gasteiger partial charge in [0.2, 0.25) is 0 Å². The molecule has 0 fully saturated rings. The van der Waals surface area contributed by atoms with E-state index in [1.165, 1.54) is 9.08 Å². The van der Waals surface area contributed by atoms with Gasteiger partial charge in [-0.2, -0.15) is 0 Å². The van der Waals surface area contributed by atoms with Gasteiger partial charge in [-0.3, -0.25) is 4.40 Å². The number of fused-ring (bicyclic) bond motifs is 1. The van der Waals surface area contributed by atoms with Crippen LogP contribution in [0.1, 0.15) is 6.92 Å². The minimum Gasteiger partial charge on any atom is -0.391 e. The molecule has 1 atom stereocenters. The van der Waals surface area contributed by atoms with Crippen LogP contribution in [-0.4, -0.2) is 25.4 Å². The Hall–Kier alpha value is -1.62. The predicted octanol–water partition coefficient (Wildman–Crippen LogP) is -0.123. The standard InChI is InChI=1S/C9H11N3O2/c1-7(13)6-12-9(14)11-5-3-2-4-8(11)10-12/h2-5,7,13H,6H2,1H3. The average molecular weight is 193 g/mol. The van der Waals surface area contributed by atoms with Crippen molar-refractivity contribution in [3.63, 3.8) is 0 Å². The second kappa shape index (κ2) is 3.26. The first-order valence-corrected chi connectivity index (χ1v) is 4.41. The quantitative estimate of drug-likeness (QED) is 0.723. The van der Waals surface area contributed by atoms with Crippen LogP contribution in [0.3, 0.4) is 0 Å². The third-order valence-electron chi connectivity index (χ3n) is 1.93. The van der Waals surface area contributed by atoms with Crippen LogP contribution < -0.4 is 5.69 Å². The van der Waals surface area contributed by atoms with Crippen LogP contribution in [-0.2, 0) is 6.54 Å². The molecule has 0 aliphatic carbocycles. The van der Waals surface area contributed by atoms with E-state index in [-0.39, 0.29) is 12.2 Å². The summed E-state index contributed by atoms with van der Waals surface area (Å²) in [4.78, 5) is 11.6. The Balaban J connectivity index is 2.57. The molecule has 0 spiro atoms. The first kappa shape index (κ1) is 8.96. The minimum atomic E-state index is -0.572. The highest BCUT2D eigenvalue weighted by molar-refractivity contribution is 5.35. The van der Waals surface area contributed by atoms with Crippen molar-refractivity contribution >= 4 is 5.65 Å². The van der Waals surface area contributed by atoms with E-state index >= 15 is 0 Å². The molecular weight excluding hydrogens is 182 g/mol. The molecule has 0 radical (unpaired) electrons. The van der Waals surface area contributed by atoms with Crippen LogP contribution in [0.4, 0.5) is 0 Å². The summed E-state index contributed by atoms with van der Waals surface area (Å²) in [7, 11) is 0. The second-order valence-electron chi connectivity index (χ2n) is 3.24. The highest BCUT2D eigenvalue weighted by Gasteiger charge is 2.07. The van der Waals surface area contributed by atoms with Crippen LogP contribution in [0.15, 0.2) is 29.2 Å². The van der Waals surface area contributed by atoms with Gasteiger partial charge in [0.15, 0.2) is 5.65 Å². The van der Waals surface area contributed by atoms with Crippen molar-refractivity contribution in [2.75, 3.05) is 0 Å². The zero-order valence-corrected chi connectivity index (χ0v) is 7.79. The summed E-state index contributed by atoms with van der Waals surface area (Å²) in [6.45, 7) is 1.84. The second-order valence-corrected chi connectivity index (χ2v) is 3.24. The molecule has 0 aliphatic heterocycles. The predicted molar refractivity (Wildman–Crippen MR) is 51.1 cm³/mol. The summed E-state index contributed by atoms with van der Waals surface area (Å²) in [5.41, 5.74) is 0.375. The minimum absolute atomic E-state index is 0.221. The maximum atomic E-state index is 11.6. The fourth-order valence-electron chi connectivity index (χ4n) is 1.34. The number of pyridine rings is 1. The average Bonchev–Trinajstić information content (AvgIpc) is 2.44. The SMILES string of the molecule is CC(O)Cn1nc2ccccn2c1=O. The van der Waals surface area contributed by atoms with E-state index in [1.807, 2.05) is 6.07 Å². The van der Waals surface area contributed by atoms with Crippen molar-refractivity contribution < 1.29 is 5.11 Å². The number of aliphatic hydroxyl groups excluding tert-OH is 1. The van der Waals surface area contributed by atoms with Gasteiger partial charge in [-0.05, 0) is 19.1 Å².